The summed E-state index contributed by atoms with van der Waals surface area (Å²) in [6.07, 6.45) is 4.83. The van der Waals surface area contributed by atoms with Crippen molar-refractivity contribution < 1.29 is 23.8 Å². The summed E-state index contributed by atoms with van der Waals surface area (Å²) in [6.45, 7) is 1.45. The monoisotopic (exact) mass is 582 g/mol. The van der Waals surface area contributed by atoms with E-state index in [-0.39, 0.29) is 28.9 Å². The van der Waals surface area contributed by atoms with E-state index in [4.69, 9.17) is 14.2 Å². The van der Waals surface area contributed by atoms with E-state index in [1.54, 1.807) is 32.0 Å². The maximum Gasteiger partial charge on any atom is 0.249 e. The maximum atomic E-state index is 13.7. The summed E-state index contributed by atoms with van der Waals surface area (Å²) >= 11 is 1.59. The first kappa shape index (κ1) is 29.7. The van der Waals surface area contributed by atoms with Crippen LogP contribution < -0.4 is 35.6 Å². The first-order valence-corrected chi connectivity index (χ1v) is 14.4. The molecule has 4 rings (SSSR count). The summed E-state index contributed by atoms with van der Waals surface area (Å²) in [5.74, 6) is 1.72. The predicted octanol–water partition coefficient (Wildman–Crippen LogP) is 3.15. The average Bonchev–Trinajstić information content (AvgIpc) is 3.36. The van der Waals surface area contributed by atoms with Crippen LogP contribution in [0, 0.1) is 0 Å². The van der Waals surface area contributed by atoms with Crippen molar-refractivity contribution >= 4 is 35.2 Å². The Labute approximate surface area is 242 Å². The minimum atomic E-state index is -0.722. The van der Waals surface area contributed by atoms with Crippen molar-refractivity contribution in [3.05, 3.63) is 51.9 Å². The van der Waals surface area contributed by atoms with Crippen molar-refractivity contribution in [2.24, 2.45) is 0 Å². The molecule has 3 aromatic rings. The highest BCUT2D eigenvalue weighted by Crippen LogP contribution is 2.50. The molecule has 1 aliphatic rings. The zero-order valence-corrected chi connectivity index (χ0v) is 24.4. The van der Waals surface area contributed by atoms with E-state index in [1.807, 2.05) is 18.4 Å². The van der Waals surface area contributed by atoms with Gasteiger partial charge in [0.15, 0.2) is 11.5 Å². The van der Waals surface area contributed by atoms with E-state index >= 15 is 0 Å². The van der Waals surface area contributed by atoms with Gasteiger partial charge in [0.25, 0.3) is 0 Å². The number of nitrogens with one attached hydrogen (secondary N) is 4. The smallest absolute Gasteiger partial charge is 0.249 e. The normalized spacial score (nSPS) is 14.5. The second-order valence-corrected chi connectivity index (χ2v) is 10.4. The molecule has 0 spiro atoms. The minimum absolute atomic E-state index is 0.213. The van der Waals surface area contributed by atoms with Crippen LogP contribution in [0.1, 0.15) is 36.9 Å². The fraction of sp³-hybridized carbons (Fsp3) is 0.393. The van der Waals surface area contributed by atoms with Gasteiger partial charge in [0.2, 0.25) is 28.9 Å². The Morgan fingerprint density at radius 3 is 2.56 bits per heavy atom. The lowest BCUT2D eigenvalue weighted by Gasteiger charge is -2.19. The number of methoxy groups -OCH3 is 3. The molecule has 0 saturated heterocycles. The molecule has 12 nitrogen and oxygen atoms in total. The van der Waals surface area contributed by atoms with Gasteiger partial charge in [0.1, 0.15) is 12.4 Å². The number of hydrogen-bond donors (Lipinski definition) is 4. The van der Waals surface area contributed by atoms with Crippen LogP contribution in [-0.4, -0.2) is 66.4 Å². The Morgan fingerprint density at radius 1 is 1.15 bits per heavy atom. The quantitative estimate of drug-likeness (QED) is 0.265. The molecule has 0 aliphatic heterocycles. The molecule has 0 bridgehead atoms. The Bertz CT molecular complexity index is 1470. The van der Waals surface area contributed by atoms with Gasteiger partial charge in [-0.1, -0.05) is 6.07 Å². The summed E-state index contributed by atoms with van der Waals surface area (Å²) in [7, 11) is 4.64. The molecule has 4 N–H and O–H groups in total. The van der Waals surface area contributed by atoms with E-state index in [0.717, 1.165) is 11.1 Å². The number of amides is 2. The molecule has 2 aromatic carbocycles. The van der Waals surface area contributed by atoms with Crippen LogP contribution in [0.15, 0.2) is 35.4 Å². The van der Waals surface area contributed by atoms with Gasteiger partial charge >= 0.3 is 0 Å². The van der Waals surface area contributed by atoms with Crippen LogP contribution in [0.4, 0.5) is 11.6 Å². The Morgan fingerprint density at radius 2 is 1.93 bits per heavy atom. The van der Waals surface area contributed by atoms with Gasteiger partial charge in [0, 0.05) is 12.5 Å². The molecular weight excluding hydrogens is 548 g/mol. The number of carbonyl (C=O) groups is 2. The molecule has 218 valence electrons. The van der Waals surface area contributed by atoms with Gasteiger partial charge in [-0.15, -0.1) is 0 Å². The summed E-state index contributed by atoms with van der Waals surface area (Å²) in [4.78, 5) is 42.9. The number of aryl methyl sites for hydroxylation is 1. The lowest BCUT2D eigenvalue weighted by atomic mass is 9.95. The number of rotatable bonds is 11. The molecule has 1 heterocycles. The minimum Gasteiger partial charge on any atom is -0.493 e. The lowest BCUT2D eigenvalue weighted by molar-refractivity contribution is -0.120. The number of ether oxygens (including phenoxy) is 3. The second kappa shape index (κ2) is 13.4. The van der Waals surface area contributed by atoms with Crippen molar-refractivity contribution in [1.82, 2.24) is 20.5 Å². The van der Waals surface area contributed by atoms with Gasteiger partial charge in [-0.3, -0.25) is 19.7 Å². The largest absolute Gasteiger partial charge is 0.493 e. The number of benzene rings is 1. The van der Waals surface area contributed by atoms with Gasteiger partial charge < -0.3 is 24.8 Å². The molecule has 0 fully saturated rings. The highest BCUT2D eigenvalue weighted by molar-refractivity contribution is 7.98. The zero-order valence-electron chi connectivity index (χ0n) is 23.6. The van der Waals surface area contributed by atoms with Crippen LogP contribution >= 0.6 is 11.8 Å². The van der Waals surface area contributed by atoms with Crippen LogP contribution in [0.3, 0.4) is 0 Å². The van der Waals surface area contributed by atoms with Crippen molar-refractivity contribution in [1.29, 1.82) is 0 Å². The van der Waals surface area contributed by atoms with Crippen LogP contribution in [-0.2, 0) is 16.0 Å². The number of fused-ring (bicyclic) bond motifs is 3. The second-order valence-electron chi connectivity index (χ2n) is 9.40. The summed E-state index contributed by atoms with van der Waals surface area (Å²) in [6, 6.07) is 5.72. The topological polar surface area (TPSA) is 157 Å². The number of aromatic amines is 1. The van der Waals surface area contributed by atoms with Crippen LogP contribution in [0.25, 0.3) is 11.1 Å². The van der Waals surface area contributed by atoms with Crippen LogP contribution in [0.5, 0.6) is 17.2 Å². The van der Waals surface area contributed by atoms with Gasteiger partial charge in [-0.05, 0) is 66.2 Å². The molecule has 1 aromatic heterocycles. The number of nitrogens with zero attached hydrogens (tertiary/aromatic N) is 2. The van der Waals surface area contributed by atoms with Crippen molar-refractivity contribution in [3.8, 4) is 28.4 Å². The summed E-state index contributed by atoms with van der Waals surface area (Å²) in [5, 5.41) is 15.2. The third-order valence-electron chi connectivity index (χ3n) is 6.83. The fourth-order valence-electron chi connectivity index (χ4n) is 4.99. The first-order chi connectivity index (χ1) is 19.8. The van der Waals surface area contributed by atoms with Gasteiger partial charge in [-0.25, -0.2) is 5.10 Å². The predicted molar refractivity (Wildman–Crippen MR) is 158 cm³/mol. The highest BCUT2D eigenvalue weighted by atomic mass is 32.2. The highest BCUT2D eigenvalue weighted by Gasteiger charge is 2.30. The molecule has 41 heavy (non-hydrogen) atoms. The Hall–Kier alpha value is -4.26. The summed E-state index contributed by atoms with van der Waals surface area (Å²) in [5.41, 5.74) is 2.91. The zero-order chi connectivity index (χ0) is 29.5. The fourth-order valence-corrected chi connectivity index (χ4v) is 5.46. The SMILES string of the molecule is COc1cc2c(c(OC)c1OC)-c1ccc(N[C@@H](CCSC)C(=O)Nc3ncn[nH]3)c(=O)cc1[C@@H](NC(C)=O)CC2. The summed E-state index contributed by atoms with van der Waals surface area (Å²) < 4.78 is 17.1. The Kier molecular flexibility index (Phi) is 9.71. The molecule has 0 unspecified atom stereocenters. The van der Waals surface area contributed by atoms with E-state index in [9.17, 15) is 14.4 Å². The van der Waals surface area contributed by atoms with Gasteiger partial charge in [-0.2, -0.15) is 21.8 Å². The van der Waals surface area contributed by atoms with Gasteiger partial charge in [0.05, 0.1) is 33.1 Å². The number of hydrogen-bond acceptors (Lipinski definition) is 10. The van der Waals surface area contributed by atoms with E-state index in [1.165, 1.54) is 26.4 Å². The third kappa shape index (κ3) is 6.56. The molecule has 2 atom stereocenters. The van der Waals surface area contributed by atoms with E-state index < -0.39 is 12.1 Å². The van der Waals surface area contributed by atoms with E-state index in [0.29, 0.717) is 53.4 Å². The Balaban J connectivity index is 1.86. The molecule has 1 aliphatic carbocycles. The number of aromatic nitrogens is 3. The lowest BCUT2D eigenvalue weighted by Crippen LogP contribution is -2.36. The third-order valence-corrected chi connectivity index (χ3v) is 7.47. The molecule has 13 heteroatoms. The standard InChI is InChI=1S/C28H34N6O6S/c1-15(35)31-19-8-6-16-12-23(38-2)25(39-3)26(40-4)24(16)17-7-9-20(22(36)13-18(17)19)32-21(10-11-41-5)27(37)33-28-29-14-30-34-28/h7,9,12-14,19,21H,6,8,10-11H2,1-5H3,(H,31,35)(H,32,36)(H2,29,30,33,34,37)/t19-,21-/m0/s1. The average molecular weight is 583 g/mol. The number of anilines is 2. The van der Waals surface area contributed by atoms with E-state index in [2.05, 4.69) is 31.1 Å². The molecule has 2 amide bonds. The molecule has 0 saturated carbocycles. The number of carbonyl (C=O) groups excluding carboxylic acids is 2. The van der Waals surface area contributed by atoms with Crippen molar-refractivity contribution in [3.63, 3.8) is 0 Å². The number of thioether (sulfide) groups is 1. The van der Waals surface area contributed by atoms with Crippen molar-refractivity contribution in [2.45, 2.75) is 38.3 Å². The first-order valence-electron chi connectivity index (χ1n) is 13.0. The van der Waals surface area contributed by atoms with Crippen molar-refractivity contribution in [2.75, 3.05) is 44.0 Å². The molecular formula is C28H34N6O6S. The molecule has 0 radical (unpaired) electrons. The number of H-pyrrole nitrogens is 1. The van der Waals surface area contributed by atoms with Crippen LogP contribution in [0.2, 0.25) is 0 Å². The maximum absolute atomic E-state index is 13.7.